The van der Waals surface area contributed by atoms with Crippen molar-refractivity contribution in [3.63, 3.8) is 0 Å². The molecule has 0 radical (unpaired) electrons. The lowest BCUT2D eigenvalue weighted by Crippen LogP contribution is -2.37. The van der Waals surface area contributed by atoms with E-state index in [4.69, 9.17) is 0 Å². The molecule has 2 amide bonds. The molecule has 2 aromatic carbocycles. The van der Waals surface area contributed by atoms with E-state index in [1.54, 1.807) is 18.2 Å². The van der Waals surface area contributed by atoms with E-state index in [-0.39, 0.29) is 17.9 Å². The van der Waals surface area contributed by atoms with Gasteiger partial charge < -0.3 is 10.2 Å². The summed E-state index contributed by atoms with van der Waals surface area (Å²) in [7, 11) is 0. The first-order chi connectivity index (χ1) is 12.2. The van der Waals surface area contributed by atoms with Crippen LogP contribution in [0.3, 0.4) is 0 Å². The highest BCUT2D eigenvalue weighted by atomic mass is 16.2. The Morgan fingerprint density at radius 2 is 1.88 bits per heavy atom. The van der Waals surface area contributed by atoms with Crippen LogP contribution >= 0.6 is 0 Å². The maximum absolute atomic E-state index is 12.3. The van der Waals surface area contributed by atoms with Crippen LogP contribution < -0.4 is 5.32 Å². The van der Waals surface area contributed by atoms with Gasteiger partial charge in [-0.25, -0.2) is 0 Å². The molecule has 0 bridgehead atoms. The summed E-state index contributed by atoms with van der Waals surface area (Å²) in [5, 5.41) is 2.96. The number of nitrogens with one attached hydrogen (secondary N) is 1. The summed E-state index contributed by atoms with van der Waals surface area (Å²) in [5.41, 5.74) is 2.78. The molecule has 1 fully saturated rings. The van der Waals surface area contributed by atoms with E-state index < -0.39 is 0 Å². The summed E-state index contributed by atoms with van der Waals surface area (Å²) in [6.07, 6.45) is 2.93. The molecule has 0 aromatic heterocycles. The first kappa shape index (κ1) is 17.0. The van der Waals surface area contributed by atoms with Gasteiger partial charge in [0, 0.05) is 25.1 Å². The predicted molar refractivity (Wildman–Crippen MR) is 99.1 cm³/mol. The van der Waals surface area contributed by atoms with Gasteiger partial charge in [-0.1, -0.05) is 55.1 Å². The fraction of sp³-hybridized carbons (Fsp3) is 0.238. The summed E-state index contributed by atoms with van der Waals surface area (Å²) in [4.78, 5) is 26.3. The first-order valence-electron chi connectivity index (χ1n) is 8.51. The van der Waals surface area contributed by atoms with Crippen LogP contribution in [0, 0.1) is 0 Å². The summed E-state index contributed by atoms with van der Waals surface area (Å²) >= 11 is 0. The topological polar surface area (TPSA) is 49.4 Å². The van der Waals surface area contributed by atoms with Gasteiger partial charge in [0.2, 0.25) is 5.91 Å². The third-order valence-corrected chi connectivity index (χ3v) is 4.47. The van der Waals surface area contributed by atoms with Crippen LogP contribution in [0.4, 0.5) is 0 Å². The number of hydrogen-bond donors (Lipinski definition) is 1. The van der Waals surface area contributed by atoms with E-state index >= 15 is 0 Å². The Labute approximate surface area is 148 Å². The average Bonchev–Trinajstić information content (AvgIpc) is 3.00. The van der Waals surface area contributed by atoms with Crippen molar-refractivity contribution in [2.24, 2.45) is 0 Å². The lowest BCUT2D eigenvalue weighted by Gasteiger charge is -2.17. The Morgan fingerprint density at radius 3 is 2.56 bits per heavy atom. The fourth-order valence-electron chi connectivity index (χ4n) is 3.03. The van der Waals surface area contributed by atoms with Crippen molar-refractivity contribution in [2.45, 2.75) is 18.9 Å². The Hall–Kier alpha value is -2.88. The molecule has 1 aliphatic heterocycles. The highest BCUT2D eigenvalue weighted by molar-refractivity contribution is 5.95. The quantitative estimate of drug-likeness (QED) is 0.883. The zero-order chi connectivity index (χ0) is 17.6. The molecule has 25 heavy (non-hydrogen) atoms. The van der Waals surface area contributed by atoms with Crippen molar-refractivity contribution in [3.8, 4) is 0 Å². The van der Waals surface area contributed by atoms with Crippen LogP contribution in [0.5, 0.6) is 0 Å². The molecule has 0 saturated carbocycles. The second-order valence-corrected chi connectivity index (χ2v) is 6.28. The Bertz CT molecular complexity index is 753. The monoisotopic (exact) mass is 334 g/mol. The van der Waals surface area contributed by atoms with Gasteiger partial charge in [-0.05, 0) is 29.7 Å². The van der Waals surface area contributed by atoms with Crippen LogP contribution in [0.25, 0.3) is 6.08 Å². The summed E-state index contributed by atoms with van der Waals surface area (Å²) in [6, 6.07) is 17.2. The summed E-state index contributed by atoms with van der Waals surface area (Å²) in [5.74, 6) is -0.0402. The maximum Gasteiger partial charge on any atom is 0.251 e. The van der Waals surface area contributed by atoms with E-state index in [2.05, 4.69) is 24.0 Å². The van der Waals surface area contributed by atoms with Crippen LogP contribution in [0.2, 0.25) is 0 Å². The highest BCUT2D eigenvalue weighted by Crippen LogP contribution is 2.14. The second kappa shape index (κ2) is 7.79. The largest absolute Gasteiger partial charge is 0.347 e. The normalized spacial score (nSPS) is 16.7. The second-order valence-electron chi connectivity index (χ2n) is 6.28. The van der Waals surface area contributed by atoms with Gasteiger partial charge in [0.1, 0.15) is 0 Å². The van der Waals surface area contributed by atoms with Crippen LogP contribution in [0.15, 0.2) is 61.2 Å². The molecular weight excluding hydrogens is 312 g/mol. The zero-order valence-corrected chi connectivity index (χ0v) is 14.2. The van der Waals surface area contributed by atoms with E-state index in [0.717, 1.165) is 12.0 Å². The number of nitrogens with zero attached hydrogens (tertiary/aromatic N) is 1. The van der Waals surface area contributed by atoms with E-state index in [1.165, 1.54) is 5.56 Å². The van der Waals surface area contributed by atoms with Gasteiger partial charge in [0.15, 0.2) is 0 Å². The highest BCUT2D eigenvalue weighted by Gasteiger charge is 2.30. The lowest BCUT2D eigenvalue weighted by molar-refractivity contribution is -0.127. The van der Waals surface area contributed by atoms with Gasteiger partial charge >= 0.3 is 0 Å². The number of carbonyl (C=O) groups is 2. The number of amides is 2. The zero-order valence-electron chi connectivity index (χ0n) is 14.2. The number of hydrogen-bond acceptors (Lipinski definition) is 2. The van der Waals surface area contributed by atoms with Crippen LogP contribution in [-0.4, -0.2) is 35.8 Å². The molecule has 1 atom stereocenters. The predicted octanol–water partition coefficient (Wildman–Crippen LogP) is 2.90. The molecule has 3 rings (SSSR count). The molecule has 1 heterocycles. The van der Waals surface area contributed by atoms with E-state index in [1.807, 2.05) is 35.2 Å². The number of carbonyl (C=O) groups excluding carboxylic acids is 2. The van der Waals surface area contributed by atoms with Gasteiger partial charge in [0.05, 0.1) is 6.04 Å². The number of benzene rings is 2. The third-order valence-electron chi connectivity index (χ3n) is 4.47. The summed E-state index contributed by atoms with van der Waals surface area (Å²) in [6.45, 7) is 4.96. The van der Waals surface area contributed by atoms with Gasteiger partial charge in [-0.2, -0.15) is 0 Å². The Balaban J connectivity index is 1.53. The Morgan fingerprint density at radius 1 is 1.16 bits per heavy atom. The van der Waals surface area contributed by atoms with E-state index in [9.17, 15) is 9.59 Å². The number of likely N-dealkylation sites (tertiary alicyclic amines) is 1. The fourth-order valence-corrected chi connectivity index (χ4v) is 3.03. The van der Waals surface area contributed by atoms with Crippen molar-refractivity contribution >= 4 is 17.9 Å². The lowest BCUT2D eigenvalue weighted by atomic mass is 10.1. The van der Waals surface area contributed by atoms with E-state index in [0.29, 0.717) is 25.1 Å². The molecule has 1 saturated heterocycles. The number of rotatable bonds is 6. The molecule has 0 unspecified atom stereocenters. The molecule has 4 heteroatoms. The molecule has 0 spiro atoms. The summed E-state index contributed by atoms with van der Waals surface area (Å²) < 4.78 is 0. The van der Waals surface area contributed by atoms with Crippen LogP contribution in [0.1, 0.15) is 27.9 Å². The molecule has 1 aliphatic rings. The van der Waals surface area contributed by atoms with Gasteiger partial charge in [-0.3, -0.25) is 9.59 Å². The molecule has 4 nitrogen and oxygen atoms in total. The smallest absolute Gasteiger partial charge is 0.251 e. The van der Waals surface area contributed by atoms with Crippen molar-refractivity contribution in [1.29, 1.82) is 0 Å². The molecule has 0 aliphatic carbocycles. The standard InChI is InChI=1S/C21H22N2O2/c1-2-16-8-10-18(11-9-16)21(25)22-19-14-20(24)23(15-19)13-12-17-6-4-3-5-7-17/h2-11,19H,1,12-15H2,(H,22,25)/t19-/m1/s1. The first-order valence-corrected chi connectivity index (χ1v) is 8.51. The van der Waals surface area contributed by atoms with Crippen molar-refractivity contribution in [3.05, 3.63) is 77.9 Å². The van der Waals surface area contributed by atoms with Crippen molar-refractivity contribution in [2.75, 3.05) is 13.1 Å². The van der Waals surface area contributed by atoms with Crippen molar-refractivity contribution < 1.29 is 9.59 Å². The average molecular weight is 334 g/mol. The molecular formula is C21H22N2O2. The van der Waals surface area contributed by atoms with Crippen LogP contribution in [-0.2, 0) is 11.2 Å². The van der Waals surface area contributed by atoms with Gasteiger partial charge in [-0.15, -0.1) is 0 Å². The molecule has 1 N–H and O–H groups in total. The molecule has 2 aromatic rings. The maximum atomic E-state index is 12.3. The minimum Gasteiger partial charge on any atom is -0.347 e. The minimum absolute atomic E-state index is 0.100. The van der Waals surface area contributed by atoms with Gasteiger partial charge in [0.25, 0.3) is 5.91 Å². The minimum atomic E-state index is -0.140. The molecule has 128 valence electrons. The Kier molecular flexibility index (Phi) is 5.29. The SMILES string of the molecule is C=Cc1ccc(C(=O)N[C@@H]2CC(=O)N(CCc3ccccc3)C2)cc1. The van der Waals surface area contributed by atoms with Crippen molar-refractivity contribution in [1.82, 2.24) is 10.2 Å². The third kappa shape index (κ3) is 4.35.